The first-order valence-corrected chi connectivity index (χ1v) is 16.6. The van der Waals surface area contributed by atoms with Crippen LogP contribution in [0.25, 0.3) is 21.2 Å². The highest BCUT2D eigenvalue weighted by Crippen LogP contribution is 2.36. The highest BCUT2D eigenvalue weighted by Gasteiger charge is 2.10. The van der Waals surface area contributed by atoms with E-state index in [-0.39, 0.29) is 0 Å². The van der Waals surface area contributed by atoms with Crippen LogP contribution in [0.15, 0.2) is 64.8 Å². The molecule has 0 aliphatic carbocycles. The molecule has 0 saturated heterocycles. The van der Waals surface area contributed by atoms with E-state index in [1.165, 1.54) is 74.0 Å². The number of anilines is 1. The molecular weight excluding hydrogens is 543 g/mol. The summed E-state index contributed by atoms with van der Waals surface area (Å²) in [6.45, 7) is 8.89. The number of thiophene rings is 1. The lowest BCUT2D eigenvalue weighted by molar-refractivity contribution is 0.667. The van der Waals surface area contributed by atoms with Crippen LogP contribution in [0.1, 0.15) is 88.1 Å². The molecule has 0 unspecified atom stereocenters. The van der Waals surface area contributed by atoms with E-state index in [0.717, 1.165) is 45.2 Å². The molecule has 0 fully saturated rings. The monoisotopic (exact) mass is 583 g/mol. The third-order valence-corrected chi connectivity index (χ3v) is 9.11. The van der Waals surface area contributed by atoms with Crippen LogP contribution in [0.2, 0.25) is 0 Å². The fourth-order valence-electron chi connectivity index (χ4n) is 4.68. The third kappa shape index (κ3) is 9.08. The number of azo groups is 1. The zero-order valence-corrected chi connectivity index (χ0v) is 26.2. The number of rotatable bonds is 16. The second kappa shape index (κ2) is 16.2. The molecular formula is C34H41N5S2. The predicted molar refractivity (Wildman–Crippen MR) is 178 cm³/mol. The smallest absolute Gasteiger partial charge is 0.231 e. The van der Waals surface area contributed by atoms with Crippen molar-refractivity contribution < 1.29 is 0 Å². The van der Waals surface area contributed by atoms with Crippen LogP contribution >= 0.6 is 22.7 Å². The molecule has 7 heteroatoms. The highest BCUT2D eigenvalue weighted by molar-refractivity contribution is 7.29. The molecule has 2 aromatic heterocycles. The highest BCUT2D eigenvalue weighted by atomic mass is 32.1. The number of nitriles is 1. The molecule has 4 aromatic rings. The minimum Gasteiger partial charge on any atom is -0.372 e. The van der Waals surface area contributed by atoms with Crippen molar-refractivity contribution in [2.24, 2.45) is 10.2 Å². The fourth-order valence-corrected chi connectivity index (χ4v) is 6.67. The molecule has 0 bridgehead atoms. The van der Waals surface area contributed by atoms with Gasteiger partial charge in [-0.15, -0.1) is 21.6 Å². The number of aromatic nitrogens is 1. The van der Waals surface area contributed by atoms with Gasteiger partial charge in [0.05, 0.1) is 22.0 Å². The lowest BCUT2D eigenvalue weighted by Gasteiger charge is -2.24. The second-order valence-electron chi connectivity index (χ2n) is 10.4. The Balaban J connectivity index is 1.39. The van der Waals surface area contributed by atoms with Crippen LogP contribution < -0.4 is 4.90 Å². The van der Waals surface area contributed by atoms with E-state index in [2.05, 4.69) is 89.4 Å². The van der Waals surface area contributed by atoms with Gasteiger partial charge < -0.3 is 4.90 Å². The van der Waals surface area contributed by atoms with Crippen molar-refractivity contribution in [3.63, 3.8) is 0 Å². The number of fused-ring (bicyclic) bond motifs is 1. The van der Waals surface area contributed by atoms with Gasteiger partial charge in [0.1, 0.15) is 4.83 Å². The van der Waals surface area contributed by atoms with E-state index in [1.54, 1.807) is 11.3 Å². The van der Waals surface area contributed by atoms with E-state index in [1.807, 2.05) is 18.2 Å². The van der Waals surface area contributed by atoms with Crippen LogP contribution in [-0.4, -0.2) is 18.1 Å². The first-order valence-electron chi connectivity index (χ1n) is 15.0. The quantitative estimate of drug-likeness (QED) is 0.0748. The molecule has 0 saturated carbocycles. The minimum absolute atomic E-state index is 0.647. The molecule has 0 amide bonds. The van der Waals surface area contributed by atoms with Crippen molar-refractivity contribution >= 4 is 60.4 Å². The van der Waals surface area contributed by atoms with Crippen LogP contribution in [0, 0.1) is 11.3 Å². The van der Waals surface area contributed by atoms with Crippen molar-refractivity contribution in [1.29, 1.82) is 5.26 Å². The number of thiazole rings is 1. The van der Waals surface area contributed by atoms with Crippen molar-refractivity contribution in [3.8, 4) is 6.07 Å². The maximum Gasteiger partial charge on any atom is 0.231 e. The zero-order valence-electron chi connectivity index (χ0n) is 24.6. The van der Waals surface area contributed by atoms with Gasteiger partial charge in [-0.3, -0.25) is 0 Å². The molecule has 0 spiro atoms. The van der Waals surface area contributed by atoms with Gasteiger partial charge in [0.15, 0.2) is 0 Å². The molecule has 0 aliphatic heterocycles. The average molecular weight is 584 g/mol. The number of aryl methyl sites for hydroxylation is 1. The Morgan fingerprint density at radius 1 is 0.854 bits per heavy atom. The summed E-state index contributed by atoms with van der Waals surface area (Å²) in [5.41, 5.74) is 5.03. The van der Waals surface area contributed by atoms with Crippen LogP contribution in [0.4, 0.5) is 16.5 Å². The number of hydrogen-bond acceptors (Lipinski definition) is 7. The molecule has 2 heterocycles. The Morgan fingerprint density at radius 3 is 2.20 bits per heavy atom. The molecule has 0 radical (unpaired) electrons. The number of unbranched alkanes of at least 4 members (excludes halogenated alkanes) is 5. The van der Waals surface area contributed by atoms with Crippen LogP contribution in [0.5, 0.6) is 0 Å². The molecule has 0 N–H and O–H groups in total. The number of benzene rings is 2. The molecule has 41 heavy (non-hydrogen) atoms. The fraction of sp³-hybridized carbons (Fsp3) is 0.412. The summed E-state index contributed by atoms with van der Waals surface area (Å²) in [5.74, 6) is 0. The molecule has 214 valence electrons. The first-order chi connectivity index (χ1) is 20.1. The van der Waals surface area contributed by atoms with Gasteiger partial charge >= 0.3 is 0 Å². The first kappa shape index (κ1) is 30.6. The summed E-state index contributed by atoms with van der Waals surface area (Å²) in [4.78, 5) is 9.09. The number of hydrogen-bond donors (Lipinski definition) is 0. The normalized spacial score (nSPS) is 11.9. The van der Waals surface area contributed by atoms with Gasteiger partial charge in [-0.25, -0.2) is 4.98 Å². The van der Waals surface area contributed by atoms with E-state index in [0.29, 0.717) is 10.7 Å². The minimum atomic E-state index is 0.647. The summed E-state index contributed by atoms with van der Waals surface area (Å²) in [6, 6.07) is 21.3. The Kier molecular flexibility index (Phi) is 12.1. The summed E-state index contributed by atoms with van der Waals surface area (Å²) in [7, 11) is 0. The average Bonchev–Trinajstić information content (AvgIpc) is 3.56. The SMILES string of the molecule is CCCCCCc1ccc(/C(C#N)=C/c2cc3sc(/N=N/c4ccc(N(CCCC)CCCC)cc4)nc3s2)cc1. The van der Waals surface area contributed by atoms with Crippen molar-refractivity contribution in [3.05, 3.63) is 70.6 Å². The predicted octanol–water partition coefficient (Wildman–Crippen LogP) is 11.4. The summed E-state index contributed by atoms with van der Waals surface area (Å²) in [5, 5.41) is 19.3. The van der Waals surface area contributed by atoms with E-state index < -0.39 is 0 Å². The zero-order chi connectivity index (χ0) is 28.9. The lowest BCUT2D eigenvalue weighted by atomic mass is 10.0. The maximum atomic E-state index is 9.83. The van der Waals surface area contributed by atoms with Crippen LogP contribution in [-0.2, 0) is 6.42 Å². The van der Waals surface area contributed by atoms with E-state index in [4.69, 9.17) is 0 Å². The maximum absolute atomic E-state index is 9.83. The van der Waals surface area contributed by atoms with Gasteiger partial charge in [0, 0.05) is 23.7 Å². The summed E-state index contributed by atoms with van der Waals surface area (Å²) in [6.07, 6.45) is 12.9. The van der Waals surface area contributed by atoms with Gasteiger partial charge in [-0.05, 0) is 73.2 Å². The van der Waals surface area contributed by atoms with Gasteiger partial charge in [0.25, 0.3) is 0 Å². The number of allylic oxidation sites excluding steroid dienone is 1. The van der Waals surface area contributed by atoms with E-state index >= 15 is 0 Å². The largest absolute Gasteiger partial charge is 0.372 e. The Morgan fingerprint density at radius 2 is 1.56 bits per heavy atom. The molecule has 2 aromatic carbocycles. The molecule has 5 nitrogen and oxygen atoms in total. The molecule has 4 rings (SSSR count). The number of nitrogens with zero attached hydrogens (tertiary/aromatic N) is 5. The van der Waals surface area contributed by atoms with Gasteiger partial charge in [0.2, 0.25) is 5.13 Å². The van der Waals surface area contributed by atoms with Crippen molar-refractivity contribution in [2.75, 3.05) is 18.0 Å². The van der Waals surface area contributed by atoms with E-state index in [9.17, 15) is 5.26 Å². The van der Waals surface area contributed by atoms with Crippen molar-refractivity contribution in [2.45, 2.75) is 78.6 Å². The van der Waals surface area contributed by atoms with Crippen LogP contribution in [0.3, 0.4) is 0 Å². The molecule has 0 atom stereocenters. The molecule has 0 aliphatic rings. The Labute approximate surface area is 253 Å². The third-order valence-electron chi connectivity index (χ3n) is 7.12. The van der Waals surface area contributed by atoms with Gasteiger partial charge in [-0.2, -0.15) is 5.26 Å². The lowest BCUT2D eigenvalue weighted by Crippen LogP contribution is -2.25. The summed E-state index contributed by atoms with van der Waals surface area (Å²) >= 11 is 3.11. The Hall–Kier alpha value is -3.34. The van der Waals surface area contributed by atoms with Gasteiger partial charge in [-0.1, -0.05) is 88.5 Å². The Bertz CT molecular complexity index is 1420. The topological polar surface area (TPSA) is 64.6 Å². The van der Waals surface area contributed by atoms with Crippen molar-refractivity contribution in [1.82, 2.24) is 4.98 Å². The standard InChI is InChI=1S/C34H41N5S2/c1-4-7-10-11-12-26-13-15-27(16-14-26)28(25-35)23-31-24-32-33(40-31)36-34(41-32)38-37-29-17-19-30(20-18-29)39(21-8-5-2)22-9-6-3/h13-20,23-24H,4-12,21-22H2,1-3H3/b28-23+,38-37+. The second-order valence-corrected chi connectivity index (χ2v) is 12.5. The summed E-state index contributed by atoms with van der Waals surface area (Å²) < 4.78 is 1.06.